The fraction of sp³-hybridized carbons (Fsp3) is 0.167. The van der Waals surface area contributed by atoms with E-state index in [1.165, 1.54) is 22.9 Å². The third kappa shape index (κ3) is 4.20. The van der Waals surface area contributed by atoms with E-state index in [4.69, 9.17) is 9.26 Å². The van der Waals surface area contributed by atoms with Gasteiger partial charge in [-0.25, -0.2) is 9.18 Å². The number of aromatic nitrogens is 2. The van der Waals surface area contributed by atoms with Crippen molar-refractivity contribution in [3.63, 3.8) is 0 Å². The number of benzene rings is 2. The predicted octanol–water partition coefficient (Wildman–Crippen LogP) is 2.51. The van der Waals surface area contributed by atoms with Gasteiger partial charge in [0.25, 0.3) is 0 Å². The average molecular weight is 390 g/mol. The van der Waals surface area contributed by atoms with Gasteiger partial charge in [0, 0.05) is 12.1 Å². The van der Waals surface area contributed by atoms with Crippen LogP contribution in [0.4, 0.5) is 10.1 Å². The van der Waals surface area contributed by atoms with Crippen molar-refractivity contribution in [2.75, 3.05) is 12.4 Å². The maximum absolute atomic E-state index is 13.7. The van der Waals surface area contributed by atoms with Crippen molar-refractivity contribution in [3.05, 3.63) is 64.8 Å². The Bertz CT molecular complexity index is 1000. The summed E-state index contributed by atoms with van der Waals surface area (Å²) in [5.74, 6) is -0.304. The van der Waals surface area contributed by atoms with Crippen LogP contribution in [0.3, 0.4) is 0 Å². The molecule has 1 heterocycles. The van der Waals surface area contributed by atoms with Crippen LogP contribution in [0.15, 0.2) is 62.9 Å². The van der Waals surface area contributed by atoms with E-state index in [1.54, 1.807) is 44.4 Å². The predicted molar refractivity (Wildman–Crippen MR) is 97.8 cm³/mol. The molecule has 7 nitrogen and oxygen atoms in total. The van der Waals surface area contributed by atoms with Crippen molar-refractivity contribution in [1.29, 1.82) is 0 Å². The summed E-state index contributed by atoms with van der Waals surface area (Å²) in [7, 11) is 1.55. The van der Waals surface area contributed by atoms with Gasteiger partial charge in [-0.05, 0) is 52.9 Å². The van der Waals surface area contributed by atoms with Crippen LogP contribution < -0.4 is 20.4 Å². The van der Waals surface area contributed by atoms with Gasteiger partial charge in [0.05, 0.1) is 18.0 Å². The molecule has 1 amide bonds. The van der Waals surface area contributed by atoms with Crippen molar-refractivity contribution < 1.29 is 23.1 Å². The molecule has 0 fully saturated rings. The van der Waals surface area contributed by atoms with Crippen LogP contribution in [0, 0.1) is 5.82 Å². The van der Waals surface area contributed by atoms with E-state index in [0.717, 1.165) is 11.8 Å². The largest absolute Gasteiger partial charge is 0.497 e. The minimum atomic E-state index is -0.673. The standard InChI is InChI=1S/C18H16FN3O4S/c1-11(16(23)20-15-6-4-3-5-14(15)19)27-17-18(24)26-21-22(17)12-7-9-13(25-2)10-8-12/h3-11H,1-2H3,(H-,20,21,23,24)/p+1. The number of carbonyl (C=O) groups is 1. The number of halogens is 1. The van der Waals surface area contributed by atoms with Crippen LogP contribution in [-0.4, -0.2) is 23.5 Å². The number of anilines is 1. The molecule has 0 spiro atoms. The summed E-state index contributed by atoms with van der Waals surface area (Å²) in [4.78, 5) is 24.4. The van der Waals surface area contributed by atoms with Gasteiger partial charge in [-0.2, -0.15) is 0 Å². The third-order valence-electron chi connectivity index (χ3n) is 3.73. The van der Waals surface area contributed by atoms with Gasteiger partial charge in [-0.15, -0.1) is 0 Å². The number of nitrogens with one attached hydrogen (secondary N) is 2. The smallest absolute Gasteiger partial charge is 0.442 e. The molecule has 0 radical (unpaired) electrons. The van der Waals surface area contributed by atoms with Gasteiger partial charge >= 0.3 is 10.7 Å². The second-order valence-corrected chi connectivity index (χ2v) is 6.88. The molecule has 1 atom stereocenters. The molecule has 0 aliphatic rings. The minimum absolute atomic E-state index is 0.0825. The molecule has 2 aromatic carbocycles. The number of ether oxygens (including phenoxy) is 1. The molecule has 27 heavy (non-hydrogen) atoms. The first-order chi connectivity index (χ1) is 13.0. The van der Waals surface area contributed by atoms with Crippen molar-refractivity contribution >= 4 is 23.4 Å². The molecule has 0 aliphatic carbocycles. The Labute approximate surface area is 158 Å². The summed E-state index contributed by atoms with van der Waals surface area (Å²) < 4.78 is 25.1. The molecular weight excluding hydrogens is 373 g/mol. The monoisotopic (exact) mass is 390 g/mol. The second kappa shape index (κ2) is 8.09. The molecule has 1 aromatic heterocycles. The lowest BCUT2D eigenvalue weighted by atomic mass is 10.3. The number of rotatable bonds is 6. The molecule has 0 bridgehead atoms. The second-order valence-electron chi connectivity index (χ2n) is 5.55. The van der Waals surface area contributed by atoms with E-state index in [9.17, 15) is 14.0 Å². The highest BCUT2D eigenvalue weighted by Crippen LogP contribution is 2.21. The Hall–Kier alpha value is -3.07. The number of thioether (sulfide) groups is 1. The summed E-state index contributed by atoms with van der Waals surface area (Å²) in [6, 6.07) is 12.8. The molecular formula is C18H17FN3O4S+. The number of amides is 1. The van der Waals surface area contributed by atoms with Crippen LogP contribution in [0.25, 0.3) is 5.69 Å². The normalized spacial score (nSPS) is 11.8. The van der Waals surface area contributed by atoms with E-state index in [1.807, 2.05) is 0 Å². The van der Waals surface area contributed by atoms with E-state index in [-0.39, 0.29) is 10.7 Å². The zero-order valence-electron chi connectivity index (χ0n) is 14.6. The Morgan fingerprint density at radius 2 is 1.96 bits per heavy atom. The van der Waals surface area contributed by atoms with Gasteiger partial charge in [0.2, 0.25) is 11.6 Å². The molecule has 0 saturated carbocycles. The summed E-state index contributed by atoms with van der Waals surface area (Å²) in [6.07, 6.45) is 0. The molecule has 140 valence electrons. The number of carbonyl (C=O) groups excluding carboxylic acids is 1. The first-order valence-electron chi connectivity index (χ1n) is 7.99. The number of hydrogen-bond acceptors (Lipinski definition) is 5. The number of nitrogens with zero attached hydrogens (tertiary/aromatic N) is 1. The third-order valence-corrected chi connectivity index (χ3v) is 4.87. The Balaban J connectivity index is 1.79. The lowest BCUT2D eigenvalue weighted by Gasteiger charge is -2.10. The number of aromatic amines is 1. The highest BCUT2D eigenvalue weighted by molar-refractivity contribution is 8.00. The van der Waals surface area contributed by atoms with Crippen molar-refractivity contribution in [1.82, 2.24) is 5.27 Å². The van der Waals surface area contributed by atoms with Crippen LogP contribution in [0.5, 0.6) is 5.75 Å². The van der Waals surface area contributed by atoms with Crippen LogP contribution in [0.2, 0.25) is 0 Å². The van der Waals surface area contributed by atoms with Gasteiger partial charge in [-0.3, -0.25) is 9.32 Å². The summed E-state index contributed by atoms with van der Waals surface area (Å²) in [5.41, 5.74) is 0.103. The van der Waals surface area contributed by atoms with Crippen LogP contribution >= 0.6 is 11.8 Å². The van der Waals surface area contributed by atoms with Crippen molar-refractivity contribution in [3.8, 4) is 11.4 Å². The highest BCUT2D eigenvalue weighted by Gasteiger charge is 2.29. The Morgan fingerprint density at radius 3 is 2.63 bits per heavy atom. The topological polar surface area (TPSA) is 88.2 Å². The molecule has 9 heteroatoms. The van der Waals surface area contributed by atoms with Crippen LogP contribution in [-0.2, 0) is 4.79 Å². The molecule has 0 saturated heterocycles. The quantitative estimate of drug-likeness (QED) is 0.499. The van der Waals surface area contributed by atoms with Gasteiger partial charge < -0.3 is 10.1 Å². The first-order valence-corrected chi connectivity index (χ1v) is 8.87. The maximum Gasteiger partial charge on any atom is 0.442 e. The molecule has 2 N–H and O–H groups in total. The highest BCUT2D eigenvalue weighted by atomic mass is 32.2. The number of methoxy groups -OCH3 is 1. The van der Waals surface area contributed by atoms with E-state index >= 15 is 0 Å². The van der Waals surface area contributed by atoms with E-state index < -0.39 is 22.6 Å². The van der Waals surface area contributed by atoms with Crippen molar-refractivity contribution in [2.45, 2.75) is 17.2 Å². The van der Waals surface area contributed by atoms with Crippen LogP contribution in [0.1, 0.15) is 6.92 Å². The van der Waals surface area contributed by atoms with Gasteiger partial charge in [0.15, 0.2) is 0 Å². The molecule has 3 aromatic rings. The van der Waals surface area contributed by atoms with Gasteiger partial charge in [0.1, 0.15) is 11.6 Å². The first kappa shape index (κ1) is 18.7. The molecule has 1 unspecified atom stereocenters. The van der Waals surface area contributed by atoms with Gasteiger partial charge in [-0.1, -0.05) is 12.1 Å². The Kier molecular flexibility index (Phi) is 5.60. The Morgan fingerprint density at radius 1 is 1.26 bits per heavy atom. The van der Waals surface area contributed by atoms with E-state index in [2.05, 4.69) is 10.6 Å². The SMILES string of the molecule is COc1ccc(-[n+]2[nH]oc(=O)c2SC(C)C(=O)Nc2ccccc2F)cc1. The number of H-pyrrole nitrogens is 1. The summed E-state index contributed by atoms with van der Waals surface area (Å²) >= 11 is 1.00. The van der Waals surface area contributed by atoms with Crippen molar-refractivity contribution in [2.24, 2.45) is 0 Å². The number of para-hydroxylation sites is 1. The lowest BCUT2D eigenvalue weighted by molar-refractivity contribution is -0.704. The molecule has 3 rings (SSSR count). The number of hydrogen-bond donors (Lipinski definition) is 2. The lowest BCUT2D eigenvalue weighted by Crippen LogP contribution is -2.37. The minimum Gasteiger partial charge on any atom is -0.497 e. The maximum atomic E-state index is 13.7. The molecule has 0 aliphatic heterocycles. The fourth-order valence-corrected chi connectivity index (χ4v) is 3.17. The summed E-state index contributed by atoms with van der Waals surface area (Å²) in [5, 5.41) is 4.54. The summed E-state index contributed by atoms with van der Waals surface area (Å²) in [6.45, 7) is 1.62. The zero-order valence-corrected chi connectivity index (χ0v) is 15.4. The van der Waals surface area contributed by atoms with E-state index in [0.29, 0.717) is 11.4 Å². The average Bonchev–Trinajstić information content (AvgIpc) is 3.04. The zero-order chi connectivity index (χ0) is 19.4. The fourth-order valence-electron chi connectivity index (χ4n) is 2.28.